The van der Waals surface area contributed by atoms with Gasteiger partial charge in [-0.1, -0.05) is 24.6 Å². The zero-order chi connectivity index (χ0) is 10.7. The number of hydrogen-bond acceptors (Lipinski definition) is 2. The molecular weight excluding hydrogens is 174 g/mol. The van der Waals surface area contributed by atoms with Crippen LogP contribution in [-0.4, -0.2) is 6.61 Å². The van der Waals surface area contributed by atoms with Gasteiger partial charge in [0, 0.05) is 5.92 Å². The summed E-state index contributed by atoms with van der Waals surface area (Å²) in [6.07, 6.45) is 0. The van der Waals surface area contributed by atoms with Crippen molar-refractivity contribution in [3.8, 4) is 0 Å². The van der Waals surface area contributed by atoms with Crippen molar-refractivity contribution in [3.63, 3.8) is 0 Å². The highest BCUT2D eigenvalue weighted by atomic mass is 16.6. The molecule has 0 bridgehead atoms. The molecule has 0 saturated carbocycles. The summed E-state index contributed by atoms with van der Waals surface area (Å²) < 4.78 is 0. The van der Waals surface area contributed by atoms with Crippen molar-refractivity contribution in [2.45, 2.75) is 33.6 Å². The van der Waals surface area contributed by atoms with E-state index < -0.39 is 0 Å². The van der Waals surface area contributed by atoms with Crippen molar-refractivity contribution in [1.82, 2.24) is 0 Å². The summed E-state index contributed by atoms with van der Waals surface area (Å²) >= 11 is 0. The highest BCUT2D eigenvalue weighted by molar-refractivity contribution is 5.39. The molecule has 0 fully saturated rings. The van der Waals surface area contributed by atoms with Crippen LogP contribution in [0.1, 0.15) is 35.1 Å². The van der Waals surface area contributed by atoms with Gasteiger partial charge in [-0.25, -0.2) is 5.90 Å². The second kappa shape index (κ2) is 4.58. The van der Waals surface area contributed by atoms with Gasteiger partial charge in [-0.2, -0.15) is 0 Å². The van der Waals surface area contributed by atoms with Crippen LogP contribution in [0.25, 0.3) is 0 Å². The topological polar surface area (TPSA) is 35.2 Å². The Kier molecular flexibility index (Phi) is 3.67. The predicted molar refractivity (Wildman–Crippen MR) is 59.2 cm³/mol. The molecule has 0 aliphatic heterocycles. The van der Waals surface area contributed by atoms with Gasteiger partial charge in [-0.05, 0) is 37.5 Å². The molecule has 0 spiro atoms. The number of aryl methyl sites for hydroxylation is 3. The summed E-state index contributed by atoms with van der Waals surface area (Å²) in [6.45, 7) is 9.11. The minimum atomic E-state index is 0.362. The molecule has 1 atom stereocenters. The monoisotopic (exact) mass is 193 g/mol. The van der Waals surface area contributed by atoms with E-state index >= 15 is 0 Å². The van der Waals surface area contributed by atoms with Gasteiger partial charge in [-0.3, -0.25) is 0 Å². The largest absolute Gasteiger partial charge is 0.304 e. The maximum absolute atomic E-state index is 5.10. The number of nitrogens with two attached hydrogens (primary N) is 1. The van der Waals surface area contributed by atoms with Crippen LogP contribution >= 0.6 is 0 Å². The van der Waals surface area contributed by atoms with E-state index in [4.69, 9.17) is 10.7 Å². The summed E-state index contributed by atoms with van der Waals surface area (Å²) in [7, 11) is 0. The highest BCUT2D eigenvalue weighted by Gasteiger charge is 2.11. The van der Waals surface area contributed by atoms with Gasteiger partial charge in [0.05, 0.1) is 6.61 Å². The SMILES string of the molecule is Cc1cc(C)c(C(C)CON)c(C)c1. The van der Waals surface area contributed by atoms with Crippen molar-refractivity contribution < 1.29 is 4.84 Å². The summed E-state index contributed by atoms with van der Waals surface area (Å²) in [5.41, 5.74) is 5.32. The van der Waals surface area contributed by atoms with E-state index in [9.17, 15) is 0 Å². The molecule has 0 saturated heterocycles. The summed E-state index contributed by atoms with van der Waals surface area (Å²) in [4.78, 5) is 4.70. The van der Waals surface area contributed by atoms with Crippen LogP contribution in [0.15, 0.2) is 12.1 Å². The minimum Gasteiger partial charge on any atom is -0.304 e. The smallest absolute Gasteiger partial charge is 0.0745 e. The minimum absolute atomic E-state index is 0.362. The summed E-state index contributed by atoms with van der Waals surface area (Å²) in [5, 5.41) is 0. The van der Waals surface area contributed by atoms with Gasteiger partial charge in [0.2, 0.25) is 0 Å². The van der Waals surface area contributed by atoms with E-state index in [0.717, 1.165) is 0 Å². The zero-order valence-corrected chi connectivity index (χ0v) is 9.42. The predicted octanol–water partition coefficient (Wildman–Crippen LogP) is 2.61. The number of benzene rings is 1. The molecule has 14 heavy (non-hydrogen) atoms. The first kappa shape index (κ1) is 11.2. The maximum atomic E-state index is 5.10. The van der Waals surface area contributed by atoms with Gasteiger partial charge in [0.25, 0.3) is 0 Å². The second-order valence-corrected chi connectivity index (χ2v) is 4.05. The van der Waals surface area contributed by atoms with Crippen LogP contribution < -0.4 is 5.90 Å². The van der Waals surface area contributed by atoms with Gasteiger partial charge in [0.15, 0.2) is 0 Å². The zero-order valence-electron chi connectivity index (χ0n) is 9.42. The Morgan fingerprint density at radius 1 is 1.21 bits per heavy atom. The Labute approximate surface area is 86.0 Å². The summed E-state index contributed by atoms with van der Waals surface area (Å²) in [5.74, 6) is 5.46. The van der Waals surface area contributed by atoms with Crippen LogP contribution in [-0.2, 0) is 4.84 Å². The molecule has 1 unspecified atom stereocenters. The molecule has 0 heterocycles. The van der Waals surface area contributed by atoms with E-state index in [1.807, 2.05) is 0 Å². The Balaban J connectivity index is 3.07. The van der Waals surface area contributed by atoms with Crippen LogP contribution in [0.2, 0.25) is 0 Å². The molecule has 0 aromatic heterocycles. The van der Waals surface area contributed by atoms with Gasteiger partial charge in [-0.15, -0.1) is 0 Å². The lowest BCUT2D eigenvalue weighted by Gasteiger charge is -2.17. The van der Waals surface area contributed by atoms with Gasteiger partial charge in [0.1, 0.15) is 0 Å². The quantitative estimate of drug-likeness (QED) is 0.749. The molecule has 2 nitrogen and oxygen atoms in total. The normalized spacial score (nSPS) is 12.9. The fourth-order valence-electron chi connectivity index (χ4n) is 2.20. The third-order valence-electron chi connectivity index (χ3n) is 2.58. The third kappa shape index (κ3) is 2.34. The first-order valence-electron chi connectivity index (χ1n) is 4.95. The molecule has 2 heteroatoms. The van der Waals surface area contributed by atoms with Crippen LogP contribution in [0.5, 0.6) is 0 Å². The van der Waals surface area contributed by atoms with Gasteiger partial charge < -0.3 is 4.84 Å². The maximum Gasteiger partial charge on any atom is 0.0745 e. The van der Waals surface area contributed by atoms with E-state index in [1.165, 1.54) is 22.3 Å². The summed E-state index contributed by atoms with van der Waals surface area (Å²) in [6, 6.07) is 4.41. The lowest BCUT2D eigenvalue weighted by molar-refractivity contribution is 0.126. The number of rotatable bonds is 3. The van der Waals surface area contributed by atoms with Crippen molar-refractivity contribution in [2.75, 3.05) is 6.61 Å². The fraction of sp³-hybridized carbons (Fsp3) is 0.500. The van der Waals surface area contributed by atoms with E-state index in [1.54, 1.807) is 0 Å². The van der Waals surface area contributed by atoms with Crippen LogP contribution in [0, 0.1) is 20.8 Å². The molecule has 0 aliphatic carbocycles. The Bertz CT molecular complexity index is 297. The molecule has 0 radical (unpaired) electrons. The van der Waals surface area contributed by atoms with Crippen molar-refractivity contribution in [3.05, 3.63) is 34.4 Å². The fourth-order valence-corrected chi connectivity index (χ4v) is 2.20. The number of hydrogen-bond donors (Lipinski definition) is 1. The van der Waals surface area contributed by atoms with Crippen molar-refractivity contribution in [2.24, 2.45) is 5.90 Å². The van der Waals surface area contributed by atoms with Crippen LogP contribution in [0.3, 0.4) is 0 Å². The molecule has 2 N–H and O–H groups in total. The average molecular weight is 193 g/mol. The molecule has 1 aromatic rings. The molecule has 1 rings (SSSR count). The van der Waals surface area contributed by atoms with E-state index in [2.05, 4.69) is 39.8 Å². The lowest BCUT2D eigenvalue weighted by atomic mass is 9.91. The molecular formula is C12H19NO. The Morgan fingerprint density at radius 3 is 2.14 bits per heavy atom. The first-order chi connectivity index (χ1) is 6.56. The van der Waals surface area contributed by atoms with E-state index in [0.29, 0.717) is 12.5 Å². The van der Waals surface area contributed by atoms with Crippen molar-refractivity contribution in [1.29, 1.82) is 0 Å². The third-order valence-corrected chi connectivity index (χ3v) is 2.58. The van der Waals surface area contributed by atoms with Crippen LogP contribution in [0.4, 0.5) is 0 Å². The lowest BCUT2D eigenvalue weighted by Crippen LogP contribution is -2.11. The molecule has 0 aliphatic rings. The first-order valence-corrected chi connectivity index (χ1v) is 4.95. The van der Waals surface area contributed by atoms with Crippen molar-refractivity contribution >= 4 is 0 Å². The molecule has 0 amide bonds. The molecule has 1 aromatic carbocycles. The second-order valence-electron chi connectivity index (χ2n) is 4.05. The molecule has 78 valence electrons. The Hall–Kier alpha value is -0.860. The highest BCUT2D eigenvalue weighted by Crippen LogP contribution is 2.24. The standard InChI is InChI=1S/C12H19NO/c1-8-5-9(2)12(10(3)6-8)11(4)7-14-13/h5-6,11H,7,13H2,1-4H3. The van der Waals surface area contributed by atoms with Gasteiger partial charge >= 0.3 is 0 Å². The Morgan fingerprint density at radius 2 is 1.71 bits per heavy atom. The van der Waals surface area contributed by atoms with E-state index in [-0.39, 0.29) is 0 Å². The average Bonchev–Trinajstić information content (AvgIpc) is 2.01.